The molecular weight excluding hydrogens is 459 g/mol. The van der Waals surface area contributed by atoms with Gasteiger partial charge in [-0.25, -0.2) is 9.37 Å². The highest BCUT2D eigenvalue weighted by Crippen LogP contribution is 2.27. The van der Waals surface area contributed by atoms with Crippen LogP contribution in [-0.2, 0) is 4.79 Å². The third-order valence-electron chi connectivity index (χ3n) is 3.55. The van der Waals surface area contributed by atoms with Crippen molar-refractivity contribution in [1.29, 1.82) is 0 Å². The third kappa shape index (κ3) is 4.76. The number of alkyl halides is 2. The minimum atomic E-state index is -3.30. The lowest BCUT2D eigenvalue weighted by atomic mass is 10.1. The number of halogens is 4. The lowest BCUT2D eigenvalue weighted by Gasteiger charge is -2.10. The molecule has 28 heavy (non-hydrogen) atoms. The minimum Gasteiger partial charge on any atom is -0.320 e. The van der Waals surface area contributed by atoms with E-state index in [1.807, 2.05) is 29.6 Å². The molecule has 1 heterocycles. The molecule has 3 rings (SSSR count). The van der Waals surface area contributed by atoms with Crippen molar-refractivity contribution in [3.8, 4) is 11.3 Å². The number of hydrogen-bond donors (Lipinski definition) is 2. The second-order valence-corrected chi connectivity index (χ2v) is 7.25. The van der Waals surface area contributed by atoms with Crippen molar-refractivity contribution in [3.05, 3.63) is 63.7 Å². The molecule has 144 valence electrons. The van der Waals surface area contributed by atoms with E-state index in [-0.39, 0.29) is 16.4 Å². The first-order chi connectivity index (χ1) is 13.3. The fraction of sp³-hybridized carbons (Fsp3) is 0.0556. The van der Waals surface area contributed by atoms with Crippen molar-refractivity contribution in [2.24, 2.45) is 0 Å². The molecule has 10 heteroatoms. The van der Waals surface area contributed by atoms with Crippen molar-refractivity contribution < 1.29 is 22.8 Å². The molecule has 0 aliphatic rings. The van der Waals surface area contributed by atoms with Gasteiger partial charge in [0.15, 0.2) is 5.13 Å². The van der Waals surface area contributed by atoms with Crippen molar-refractivity contribution >= 4 is 49.9 Å². The highest BCUT2D eigenvalue weighted by Gasteiger charge is 2.20. The molecule has 0 atom stereocenters. The normalized spacial score (nSPS) is 10.8. The van der Waals surface area contributed by atoms with Crippen LogP contribution in [0, 0.1) is 5.82 Å². The van der Waals surface area contributed by atoms with Crippen LogP contribution in [0.3, 0.4) is 0 Å². The van der Waals surface area contributed by atoms with E-state index in [0.717, 1.165) is 39.6 Å². The molecule has 0 radical (unpaired) electrons. The summed E-state index contributed by atoms with van der Waals surface area (Å²) in [6.45, 7) is 0. The number of rotatable bonds is 5. The molecule has 2 amide bonds. The number of benzene rings is 2. The molecule has 0 bridgehead atoms. The first-order valence-corrected chi connectivity index (χ1v) is 9.42. The Morgan fingerprint density at radius 2 is 1.79 bits per heavy atom. The summed E-state index contributed by atoms with van der Waals surface area (Å²) >= 11 is 4.50. The lowest BCUT2D eigenvalue weighted by Crippen LogP contribution is -2.23. The van der Waals surface area contributed by atoms with E-state index in [2.05, 4.69) is 26.2 Å². The molecule has 2 N–H and O–H groups in total. The number of thiazole rings is 1. The molecule has 5 nitrogen and oxygen atoms in total. The predicted molar refractivity (Wildman–Crippen MR) is 104 cm³/mol. The molecule has 0 saturated carbocycles. The Labute approximate surface area is 169 Å². The zero-order chi connectivity index (χ0) is 20.3. The summed E-state index contributed by atoms with van der Waals surface area (Å²) in [4.78, 5) is 28.0. The Morgan fingerprint density at radius 1 is 1.07 bits per heavy atom. The zero-order valence-corrected chi connectivity index (χ0v) is 16.3. The Hall–Kier alpha value is -2.72. The molecule has 3 aromatic rings. The van der Waals surface area contributed by atoms with E-state index in [4.69, 9.17) is 0 Å². The summed E-state index contributed by atoms with van der Waals surface area (Å²) in [7, 11) is 0. The van der Waals surface area contributed by atoms with Crippen LogP contribution < -0.4 is 10.6 Å². The largest absolute Gasteiger partial charge is 0.320 e. The SMILES string of the molecule is O=C(Nc1nc(-c2ccc(Br)cc2)cs1)c1ccc(F)cc1NC(=O)C(F)F. The number of hydrogen-bond acceptors (Lipinski definition) is 4. The average molecular weight is 470 g/mol. The van der Waals surface area contributed by atoms with E-state index < -0.39 is 24.1 Å². The fourth-order valence-electron chi connectivity index (χ4n) is 2.25. The second-order valence-electron chi connectivity index (χ2n) is 5.48. The van der Waals surface area contributed by atoms with Crippen LogP contribution in [0.5, 0.6) is 0 Å². The molecule has 2 aromatic carbocycles. The van der Waals surface area contributed by atoms with Crippen LogP contribution in [0.2, 0.25) is 0 Å². The van der Waals surface area contributed by atoms with E-state index in [0.29, 0.717) is 5.69 Å². The van der Waals surface area contributed by atoms with Crippen LogP contribution in [0.1, 0.15) is 10.4 Å². The maximum absolute atomic E-state index is 13.4. The van der Waals surface area contributed by atoms with Gasteiger partial charge in [0.25, 0.3) is 11.8 Å². The van der Waals surface area contributed by atoms with Crippen LogP contribution in [0.15, 0.2) is 52.3 Å². The van der Waals surface area contributed by atoms with Crippen molar-refractivity contribution in [2.45, 2.75) is 6.43 Å². The monoisotopic (exact) mass is 469 g/mol. The van der Waals surface area contributed by atoms with E-state index in [9.17, 15) is 22.8 Å². The van der Waals surface area contributed by atoms with Gasteiger partial charge >= 0.3 is 6.43 Å². The molecule has 0 unspecified atom stereocenters. The number of nitrogens with one attached hydrogen (secondary N) is 2. The van der Waals surface area contributed by atoms with Gasteiger partial charge in [0.1, 0.15) is 5.82 Å². The smallest absolute Gasteiger partial charge is 0.315 e. The van der Waals surface area contributed by atoms with Gasteiger partial charge in [-0.15, -0.1) is 11.3 Å². The van der Waals surface area contributed by atoms with Crippen molar-refractivity contribution in [1.82, 2.24) is 4.98 Å². The number of amides is 2. The Bertz CT molecular complexity index is 1030. The van der Waals surface area contributed by atoms with Gasteiger partial charge < -0.3 is 5.32 Å². The number of aromatic nitrogens is 1. The first-order valence-electron chi connectivity index (χ1n) is 7.75. The molecule has 0 fully saturated rings. The second kappa shape index (κ2) is 8.53. The predicted octanol–water partition coefficient (Wildman–Crippen LogP) is 5.17. The van der Waals surface area contributed by atoms with Crippen LogP contribution in [0.25, 0.3) is 11.3 Å². The minimum absolute atomic E-state index is 0.171. The number of carbonyl (C=O) groups excluding carboxylic acids is 2. The highest BCUT2D eigenvalue weighted by atomic mass is 79.9. The first kappa shape index (κ1) is 20.0. The third-order valence-corrected chi connectivity index (χ3v) is 4.83. The Balaban J connectivity index is 1.80. The van der Waals surface area contributed by atoms with Crippen LogP contribution in [0.4, 0.5) is 24.0 Å². The van der Waals surface area contributed by atoms with Gasteiger partial charge in [0.05, 0.1) is 16.9 Å². The summed E-state index contributed by atoms with van der Waals surface area (Å²) in [6.07, 6.45) is -3.30. The molecule has 0 saturated heterocycles. The highest BCUT2D eigenvalue weighted by molar-refractivity contribution is 9.10. The standard InChI is InChI=1S/C18H11BrF3N3O2S/c19-10-3-1-9(2-4-10)14-8-28-18(24-14)25-16(26)12-6-5-11(20)7-13(12)23-17(27)15(21)22/h1-8,15H,(H,23,27)(H,24,25,26). The number of carbonyl (C=O) groups is 2. The Kier molecular flexibility index (Phi) is 6.10. The zero-order valence-electron chi connectivity index (χ0n) is 13.9. The lowest BCUT2D eigenvalue weighted by molar-refractivity contribution is -0.126. The van der Waals surface area contributed by atoms with E-state index in [1.54, 1.807) is 5.38 Å². The molecule has 0 spiro atoms. The fourth-order valence-corrected chi connectivity index (χ4v) is 3.23. The van der Waals surface area contributed by atoms with Gasteiger partial charge in [-0.3, -0.25) is 14.9 Å². The quantitative estimate of drug-likeness (QED) is 0.541. The maximum atomic E-state index is 13.4. The van der Waals surface area contributed by atoms with Crippen LogP contribution >= 0.6 is 27.3 Å². The molecular formula is C18H11BrF3N3O2S. The summed E-state index contributed by atoms with van der Waals surface area (Å²) in [5.41, 5.74) is 0.952. The molecule has 1 aromatic heterocycles. The maximum Gasteiger partial charge on any atom is 0.315 e. The van der Waals surface area contributed by atoms with Gasteiger partial charge in [-0.05, 0) is 30.3 Å². The Morgan fingerprint density at radius 3 is 2.46 bits per heavy atom. The number of anilines is 2. The van der Waals surface area contributed by atoms with Crippen molar-refractivity contribution in [3.63, 3.8) is 0 Å². The van der Waals surface area contributed by atoms with Crippen molar-refractivity contribution in [2.75, 3.05) is 10.6 Å². The summed E-state index contributed by atoms with van der Waals surface area (Å²) in [5.74, 6) is -3.14. The molecule has 0 aliphatic heterocycles. The molecule has 0 aliphatic carbocycles. The summed E-state index contributed by atoms with van der Waals surface area (Å²) < 4.78 is 39.3. The summed E-state index contributed by atoms with van der Waals surface area (Å²) in [6, 6.07) is 10.3. The van der Waals surface area contributed by atoms with E-state index >= 15 is 0 Å². The van der Waals surface area contributed by atoms with Gasteiger partial charge in [0.2, 0.25) is 0 Å². The van der Waals surface area contributed by atoms with Gasteiger partial charge in [0, 0.05) is 15.4 Å². The average Bonchev–Trinajstić information content (AvgIpc) is 3.10. The van der Waals surface area contributed by atoms with Gasteiger partial charge in [-0.1, -0.05) is 28.1 Å². The number of nitrogens with zero attached hydrogens (tertiary/aromatic N) is 1. The topological polar surface area (TPSA) is 71.1 Å². The van der Waals surface area contributed by atoms with Gasteiger partial charge in [-0.2, -0.15) is 8.78 Å². The van der Waals surface area contributed by atoms with Crippen LogP contribution in [-0.4, -0.2) is 23.2 Å². The van der Waals surface area contributed by atoms with E-state index in [1.165, 1.54) is 0 Å². The summed E-state index contributed by atoms with van der Waals surface area (Å²) in [5, 5.41) is 6.36.